The number of benzene rings is 2. The Morgan fingerprint density at radius 1 is 1.09 bits per heavy atom. The number of amides is 2. The van der Waals surface area contributed by atoms with Gasteiger partial charge >= 0.3 is 0 Å². The number of aromatic nitrogens is 2. The van der Waals surface area contributed by atoms with E-state index in [2.05, 4.69) is 26.1 Å². The average Bonchev–Trinajstić information content (AvgIpc) is 3.07. The zero-order valence-corrected chi connectivity index (χ0v) is 12.9. The van der Waals surface area contributed by atoms with Crippen LogP contribution in [-0.4, -0.2) is 26.9 Å². The number of hydrogen-bond donors (Lipinski definition) is 1. The molecular formula is C16H10BrN3O2. The molecule has 108 valence electrons. The van der Waals surface area contributed by atoms with Crippen molar-refractivity contribution >= 4 is 38.6 Å². The van der Waals surface area contributed by atoms with Crippen molar-refractivity contribution in [3.63, 3.8) is 0 Å². The molecular weight excluding hydrogens is 346 g/mol. The summed E-state index contributed by atoms with van der Waals surface area (Å²) in [5.41, 5.74) is 2.60. The van der Waals surface area contributed by atoms with Gasteiger partial charge in [0, 0.05) is 9.86 Å². The Labute approximate surface area is 134 Å². The summed E-state index contributed by atoms with van der Waals surface area (Å²) in [6, 6.07) is 10.7. The highest BCUT2D eigenvalue weighted by Crippen LogP contribution is 2.28. The lowest BCUT2D eigenvalue weighted by molar-refractivity contribution is 0.0643. The Morgan fingerprint density at radius 3 is 2.45 bits per heavy atom. The van der Waals surface area contributed by atoms with Crippen LogP contribution in [0.15, 0.2) is 47.1 Å². The smallest absolute Gasteiger partial charge is 0.261 e. The van der Waals surface area contributed by atoms with Gasteiger partial charge in [0.1, 0.15) is 0 Å². The number of hydrogen-bond acceptors (Lipinski definition) is 3. The molecule has 22 heavy (non-hydrogen) atoms. The van der Waals surface area contributed by atoms with Crippen molar-refractivity contribution in [2.45, 2.75) is 6.54 Å². The number of rotatable bonds is 2. The van der Waals surface area contributed by atoms with Crippen LogP contribution in [0.2, 0.25) is 0 Å². The molecule has 0 fully saturated rings. The summed E-state index contributed by atoms with van der Waals surface area (Å²) in [4.78, 5) is 26.1. The molecule has 3 aromatic rings. The maximum atomic E-state index is 12.4. The lowest BCUT2D eigenvalue weighted by Gasteiger charge is -2.14. The Kier molecular flexibility index (Phi) is 2.87. The molecule has 4 rings (SSSR count). The molecule has 2 heterocycles. The van der Waals surface area contributed by atoms with Crippen molar-refractivity contribution in [2.24, 2.45) is 0 Å². The molecule has 1 aromatic heterocycles. The first-order valence-electron chi connectivity index (χ1n) is 6.72. The van der Waals surface area contributed by atoms with Crippen LogP contribution in [0, 0.1) is 0 Å². The van der Waals surface area contributed by atoms with E-state index in [-0.39, 0.29) is 18.4 Å². The van der Waals surface area contributed by atoms with Crippen LogP contribution in [0.1, 0.15) is 26.3 Å². The lowest BCUT2D eigenvalue weighted by atomic mass is 10.1. The zero-order valence-electron chi connectivity index (χ0n) is 11.3. The first-order valence-corrected chi connectivity index (χ1v) is 7.51. The highest BCUT2D eigenvalue weighted by atomic mass is 79.9. The normalized spacial score (nSPS) is 14.0. The topological polar surface area (TPSA) is 66.1 Å². The summed E-state index contributed by atoms with van der Waals surface area (Å²) in [5, 5.41) is 7.87. The van der Waals surface area contributed by atoms with Gasteiger partial charge in [-0.1, -0.05) is 28.1 Å². The van der Waals surface area contributed by atoms with Crippen molar-refractivity contribution in [3.8, 4) is 0 Å². The van der Waals surface area contributed by atoms with Gasteiger partial charge in [-0.25, -0.2) is 0 Å². The number of H-pyrrole nitrogens is 1. The minimum Gasteiger partial charge on any atom is -0.277 e. The van der Waals surface area contributed by atoms with E-state index in [1.54, 1.807) is 30.5 Å². The van der Waals surface area contributed by atoms with E-state index < -0.39 is 0 Å². The Bertz CT molecular complexity index is 897. The third-order valence-electron chi connectivity index (χ3n) is 3.80. The van der Waals surface area contributed by atoms with E-state index >= 15 is 0 Å². The predicted octanol–water partition coefficient (Wildman–Crippen LogP) is 3.12. The lowest BCUT2D eigenvalue weighted by Crippen LogP contribution is -2.29. The minimum absolute atomic E-state index is 0.213. The molecule has 0 aliphatic carbocycles. The van der Waals surface area contributed by atoms with Gasteiger partial charge in [0.05, 0.1) is 29.4 Å². The predicted molar refractivity (Wildman–Crippen MR) is 84.4 cm³/mol. The molecule has 5 nitrogen and oxygen atoms in total. The summed E-state index contributed by atoms with van der Waals surface area (Å²) < 4.78 is 0.882. The summed E-state index contributed by atoms with van der Waals surface area (Å²) in [7, 11) is 0. The average molecular weight is 356 g/mol. The standard InChI is InChI=1S/C16H10BrN3O2/c17-11-5-9-7-18-19-14(9)10(6-11)8-20-15(21)12-3-1-2-4-13(12)16(20)22/h1-7H,8H2,(H,18,19). The van der Waals surface area contributed by atoms with Gasteiger partial charge in [-0.15, -0.1) is 0 Å². The Hall–Kier alpha value is -2.47. The number of carbonyl (C=O) groups is 2. The number of halogens is 1. The van der Waals surface area contributed by atoms with Crippen LogP contribution in [0.3, 0.4) is 0 Å². The Balaban J connectivity index is 1.77. The third-order valence-corrected chi connectivity index (χ3v) is 4.26. The molecule has 1 aliphatic heterocycles. The van der Waals surface area contributed by atoms with E-state index in [1.165, 1.54) is 4.90 Å². The molecule has 1 N–H and O–H groups in total. The Morgan fingerprint density at radius 2 is 1.77 bits per heavy atom. The minimum atomic E-state index is -0.256. The second-order valence-corrected chi connectivity index (χ2v) is 6.06. The fourth-order valence-corrected chi connectivity index (χ4v) is 3.29. The molecule has 2 aromatic carbocycles. The molecule has 2 amide bonds. The molecule has 0 atom stereocenters. The first-order chi connectivity index (χ1) is 10.6. The van der Waals surface area contributed by atoms with Gasteiger partial charge in [0.25, 0.3) is 11.8 Å². The van der Waals surface area contributed by atoms with Gasteiger partial charge in [-0.3, -0.25) is 19.6 Å². The van der Waals surface area contributed by atoms with Crippen LogP contribution >= 0.6 is 15.9 Å². The fourth-order valence-electron chi connectivity index (χ4n) is 2.77. The summed E-state index contributed by atoms with van der Waals surface area (Å²) >= 11 is 3.45. The highest BCUT2D eigenvalue weighted by molar-refractivity contribution is 9.10. The molecule has 1 aliphatic rings. The number of aromatic amines is 1. The van der Waals surface area contributed by atoms with Crippen LogP contribution in [0.5, 0.6) is 0 Å². The third kappa shape index (κ3) is 1.88. The van der Waals surface area contributed by atoms with Crippen LogP contribution in [0.25, 0.3) is 10.9 Å². The summed E-state index contributed by atoms with van der Waals surface area (Å²) in [5.74, 6) is -0.513. The SMILES string of the molecule is O=C1c2ccccc2C(=O)N1Cc1cc(Br)cc2cn[nH]c12. The number of imide groups is 1. The van der Waals surface area contributed by atoms with Crippen LogP contribution in [-0.2, 0) is 6.54 Å². The first kappa shape index (κ1) is 13.2. The van der Waals surface area contributed by atoms with E-state index in [1.807, 2.05) is 12.1 Å². The van der Waals surface area contributed by atoms with Crippen LogP contribution < -0.4 is 0 Å². The van der Waals surface area contributed by atoms with Gasteiger partial charge in [0.2, 0.25) is 0 Å². The maximum Gasteiger partial charge on any atom is 0.261 e. The molecule has 6 heteroatoms. The van der Waals surface area contributed by atoms with Crippen molar-refractivity contribution in [3.05, 3.63) is 63.8 Å². The second-order valence-electron chi connectivity index (χ2n) is 5.14. The molecule has 0 saturated heterocycles. The quantitative estimate of drug-likeness (QED) is 0.718. The van der Waals surface area contributed by atoms with Crippen molar-refractivity contribution < 1.29 is 9.59 Å². The fraction of sp³-hybridized carbons (Fsp3) is 0.0625. The van der Waals surface area contributed by atoms with Crippen LogP contribution in [0.4, 0.5) is 0 Å². The monoisotopic (exact) mass is 355 g/mol. The van der Waals surface area contributed by atoms with Crippen molar-refractivity contribution in [1.82, 2.24) is 15.1 Å². The molecule has 0 unspecified atom stereocenters. The van der Waals surface area contributed by atoms with Gasteiger partial charge in [-0.05, 0) is 29.8 Å². The number of nitrogens with one attached hydrogen (secondary N) is 1. The zero-order chi connectivity index (χ0) is 15.3. The van der Waals surface area contributed by atoms with E-state index in [4.69, 9.17) is 0 Å². The van der Waals surface area contributed by atoms with E-state index in [9.17, 15) is 9.59 Å². The molecule has 0 saturated carbocycles. The second kappa shape index (κ2) is 4.78. The van der Waals surface area contributed by atoms with E-state index in [0.717, 1.165) is 20.9 Å². The molecule has 0 spiro atoms. The van der Waals surface area contributed by atoms with Crippen molar-refractivity contribution in [2.75, 3.05) is 0 Å². The number of fused-ring (bicyclic) bond motifs is 2. The van der Waals surface area contributed by atoms with Gasteiger partial charge in [0.15, 0.2) is 0 Å². The van der Waals surface area contributed by atoms with Gasteiger partial charge < -0.3 is 0 Å². The largest absolute Gasteiger partial charge is 0.277 e. The summed E-state index contributed by atoms with van der Waals surface area (Å²) in [6.07, 6.45) is 1.71. The van der Waals surface area contributed by atoms with E-state index in [0.29, 0.717) is 11.1 Å². The summed E-state index contributed by atoms with van der Waals surface area (Å²) in [6.45, 7) is 0.213. The highest BCUT2D eigenvalue weighted by Gasteiger charge is 2.35. The molecule has 0 bridgehead atoms. The number of nitrogens with zero attached hydrogens (tertiary/aromatic N) is 2. The number of carbonyl (C=O) groups excluding carboxylic acids is 2. The molecule has 0 radical (unpaired) electrons. The van der Waals surface area contributed by atoms with Gasteiger partial charge in [-0.2, -0.15) is 5.10 Å². The maximum absolute atomic E-state index is 12.4. The van der Waals surface area contributed by atoms with Crippen molar-refractivity contribution in [1.29, 1.82) is 0 Å².